The molecular weight excluding hydrogens is 381 g/mol. The molecule has 150 valence electrons. The van der Waals surface area contributed by atoms with Crippen molar-refractivity contribution >= 4 is 30.5 Å². The average molecular weight is 403 g/mol. The van der Waals surface area contributed by atoms with E-state index < -0.39 is 32.1 Å². The summed E-state index contributed by atoms with van der Waals surface area (Å²) in [5.41, 5.74) is 5.72. The van der Waals surface area contributed by atoms with Gasteiger partial charge in [0.15, 0.2) is 11.3 Å². The maximum Gasteiger partial charge on any atom is 0.356 e. The van der Waals surface area contributed by atoms with Gasteiger partial charge in [0.25, 0.3) is 0 Å². The van der Waals surface area contributed by atoms with Crippen LogP contribution in [0, 0.1) is 5.41 Å². The van der Waals surface area contributed by atoms with Gasteiger partial charge in [0.1, 0.15) is 25.6 Å². The fraction of sp³-hybridized carbons (Fsp3) is 0.571. The second kappa shape index (κ2) is 8.61. The summed E-state index contributed by atoms with van der Waals surface area (Å²) < 4.78 is 27.6. The molecule has 0 fully saturated rings. The number of nitrogen functional groups attached to an aromatic ring is 1. The van der Waals surface area contributed by atoms with Crippen LogP contribution in [-0.4, -0.2) is 56.9 Å². The van der Waals surface area contributed by atoms with E-state index in [4.69, 9.17) is 20.0 Å². The number of anilines is 1. The lowest BCUT2D eigenvalue weighted by Crippen LogP contribution is -2.24. The monoisotopic (exact) mass is 403 g/mol. The van der Waals surface area contributed by atoms with Gasteiger partial charge in [-0.05, 0) is 20.8 Å². The molecule has 1 atom stereocenters. The molecular formula is C14H22N5O7P. The van der Waals surface area contributed by atoms with E-state index in [-0.39, 0.29) is 19.0 Å². The molecule has 2 rings (SSSR count). The lowest BCUT2D eigenvalue weighted by Gasteiger charge is -2.18. The number of nitrogens with zero attached hydrogens (tertiary/aromatic N) is 4. The zero-order valence-electron chi connectivity index (χ0n) is 15.2. The number of fused-ring (bicyclic) bond motifs is 1. The van der Waals surface area contributed by atoms with Gasteiger partial charge in [0.2, 0.25) is 12.4 Å². The number of carbonyl (C=O) groups is 1. The Morgan fingerprint density at radius 3 is 2.74 bits per heavy atom. The molecule has 0 radical (unpaired) electrons. The molecule has 2 aromatic rings. The SMILES string of the molecule is CC(C)(C)C(=O)OCOP(=O)(O)COCCOn1cnc2c(N)ncnc21. The first-order chi connectivity index (χ1) is 12.6. The summed E-state index contributed by atoms with van der Waals surface area (Å²) in [6.07, 6.45) is 2.07. The summed E-state index contributed by atoms with van der Waals surface area (Å²) in [5, 5.41) is 0. The number of imidazole rings is 1. The first-order valence-corrected chi connectivity index (χ1v) is 9.64. The second-order valence-corrected chi connectivity index (χ2v) is 8.23. The maximum absolute atomic E-state index is 11.8. The smallest absolute Gasteiger partial charge is 0.356 e. The van der Waals surface area contributed by atoms with E-state index >= 15 is 0 Å². The largest absolute Gasteiger partial charge is 0.438 e. The molecule has 0 aromatic carbocycles. The molecule has 0 aliphatic carbocycles. The Hall–Kier alpha value is -2.27. The van der Waals surface area contributed by atoms with Crippen LogP contribution in [0.3, 0.4) is 0 Å². The van der Waals surface area contributed by atoms with Crippen molar-refractivity contribution in [2.75, 3.05) is 32.1 Å². The van der Waals surface area contributed by atoms with Crippen LogP contribution in [-0.2, 0) is 23.4 Å². The Bertz CT molecular complexity index is 835. The summed E-state index contributed by atoms with van der Waals surface area (Å²) >= 11 is 0. The van der Waals surface area contributed by atoms with Crippen molar-refractivity contribution in [3.05, 3.63) is 12.7 Å². The molecule has 0 saturated carbocycles. The summed E-state index contributed by atoms with van der Waals surface area (Å²) in [5.74, 6) is -0.321. The quantitative estimate of drug-likeness (QED) is 0.260. The van der Waals surface area contributed by atoms with Crippen LogP contribution in [0.5, 0.6) is 0 Å². The van der Waals surface area contributed by atoms with Gasteiger partial charge in [-0.2, -0.15) is 4.73 Å². The van der Waals surface area contributed by atoms with Gasteiger partial charge in [-0.25, -0.2) is 15.0 Å². The molecule has 12 nitrogen and oxygen atoms in total. The molecule has 0 aliphatic rings. The van der Waals surface area contributed by atoms with Crippen LogP contribution >= 0.6 is 7.60 Å². The van der Waals surface area contributed by atoms with Crippen molar-refractivity contribution < 1.29 is 33.1 Å². The van der Waals surface area contributed by atoms with Crippen molar-refractivity contribution in [3.8, 4) is 0 Å². The fourth-order valence-electron chi connectivity index (χ4n) is 1.72. The number of ether oxygens (including phenoxy) is 2. The molecule has 2 heterocycles. The van der Waals surface area contributed by atoms with Crippen LogP contribution in [0.15, 0.2) is 12.7 Å². The number of hydrogen-bond acceptors (Lipinski definition) is 10. The van der Waals surface area contributed by atoms with E-state index in [2.05, 4.69) is 19.5 Å². The fourth-order valence-corrected chi connectivity index (χ4v) is 2.37. The number of carbonyl (C=O) groups excluding carboxylic acids is 1. The van der Waals surface area contributed by atoms with E-state index in [1.165, 1.54) is 17.4 Å². The molecule has 0 spiro atoms. The minimum atomic E-state index is -4.06. The Morgan fingerprint density at radius 2 is 2.04 bits per heavy atom. The van der Waals surface area contributed by atoms with E-state index in [0.29, 0.717) is 11.2 Å². The summed E-state index contributed by atoms with van der Waals surface area (Å²) in [6.45, 7) is 4.37. The normalized spacial score (nSPS) is 14.1. The molecule has 13 heteroatoms. The lowest BCUT2D eigenvalue weighted by atomic mass is 9.98. The van der Waals surface area contributed by atoms with E-state index in [9.17, 15) is 14.3 Å². The third-order valence-corrected chi connectivity index (χ3v) is 4.12. The van der Waals surface area contributed by atoms with Gasteiger partial charge in [-0.1, -0.05) is 0 Å². The summed E-state index contributed by atoms with van der Waals surface area (Å²) in [7, 11) is -4.06. The third kappa shape index (κ3) is 6.14. The van der Waals surface area contributed by atoms with Gasteiger partial charge < -0.3 is 24.9 Å². The highest BCUT2D eigenvalue weighted by Gasteiger charge is 2.25. The van der Waals surface area contributed by atoms with Crippen LogP contribution in [0.2, 0.25) is 0 Å². The molecule has 0 aliphatic heterocycles. The summed E-state index contributed by atoms with van der Waals surface area (Å²) in [4.78, 5) is 38.4. The van der Waals surface area contributed by atoms with Gasteiger partial charge in [-0.15, -0.1) is 0 Å². The van der Waals surface area contributed by atoms with E-state index in [1.54, 1.807) is 20.8 Å². The number of hydrogen-bond donors (Lipinski definition) is 2. The first-order valence-electron chi connectivity index (χ1n) is 7.88. The highest BCUT2D eigenvalue weighted by atomic mass is 31.2. The predicted molar refractivity (Wildman–Crippen MR) is 93.3 cm³/mol. The highest BCUT2D eigenvalue weighted by Crippen LogP contribution is 2.41. The standard InChI is InChI=1S/C14H22N5O7P/c1-14(2,3)13(20)24-8-26-27(21,22)9-23-4-5-25-19-7-18-10-11(15)16-6-17-12(10)19/h6-7H,4-5,8-9H2,1-3H3,(H,21,22)(H2,15,16,17). The second-order valence-electron chi connectivity index (χ2n) is 6.44. The molecule has 2 aromatic heterocycles. The van der Waals surface area contributed by atoms with Crippen LogP contribution in [0.4, 0.5) is 5.82 Å². The zero-order chi connectivity index (χ0) is 20.1. The molecule has 0 bridgehead atoms. The van der Waals surface area contributed by atoms with E-state index in [0.717, 1.165) is 0 Å². The number of esters is 1. The topological polar surface area (TPSA) is 161 Å². The minimum absolute atomic E-state index is 0.00404. The highest BCUT2D eigenvalue weighted by molar-refractivity contribution is 7.52. The average Bonchev–Trinajstić information content (AvgIpc) is 2.98. The predicted octanol–water partition coefficient (Wildman–Crippen LogP) is 0.560. The number of aromatic nitrogens is 4. The summed E-state index contributed by atoms with van der Waals surface area (Å²) in [6, 6.07) is 0. The molecule has 1 unspecified atom stereocenters. The Morgan fingerprint density at radius 1 is 1.30 bits per heavy atom. The number of nitrogens with two attached hydrogens (primary N) is 1. The van der Waals surface area contributed by atoms with Crippen molar-refractivity contribution in [2.45, 2.75) is 20.8 Å². The minimum Gasteiger partial charge on any atom is -0.438 e. The van der Waals surface area contributed by atoms with Crippen LogP contribution in [0.1, 0.15) is 20.8 Å². The molecule has 3 N–H and O–H groups in total. The Labute approximate surface area is 155 Å². The lowest BCUT2D eigenvalue weighted by molar-refractivity contribution is -0.160. The van der Waals surface area contributed by atoms with Crippen LogP contribution in [0.25, 0.3) is 11.2 Å². The van der Waals surface area contributed by atoms with Crippen LogP contribution < -0.4 is 10.6 Å². The van der Waals surface area contributed by atoms with Gasteiger partial charge >= 0.3 is 13.6 Å². The Kier molecular flexibility index (Phi) is 6.71. The number of rotatable bonds is 9. The van der Waals surface area contributed by atoms with E-state index in [1.807, 2.05) is 0 Å². The third-order valence-electron chi connectivity index (χ3n) is 3.10. The van der Waals surface area contributed by atoms with Gasteiger partial charge in [-0.3, -0.25) is 13.9 Å². The molecule has 0 amide bonds. The van der Waals surface area contributed by atoms with Crippen molar-refractivity contribution in [1.29, 1.82) is 0 Å². The van der Waals surface area contributed by atoms with Crippen molar-refractivity contribution in [1.82, 2.24) is 19.7 Å². The zero-order valence-corrected chi connectivity index (χ0v) is 16.1. The Balaban J connectivity index is 1.69. The maximum atomic E-state index is 11.8. The van der Waals surface area contributed by atoms with Gasteiger partial charge in [0.05, 0.1) is 12.0 Å². The molecule has 0 saturated heterocycles. The van der Waals surface area contributed by atoms with Gasteiger partial charge in [0, 0.05) is 0 Å². The van der Waals surface area contributed by atoms with Crippen molar-refractivity contribution in [2.24, 2.45) is 5.41 Å². The molecule has 27 heavy (non-hydrogen) atoms. The first kappa shape index (κ1) is 21.0. The van der Waals surface area contributed by atoms with Crippen molar-refractivity contribution in [3.63, 3.8) is 0 Å².